The number of hydrogen-bond acceptors (Lipinski definition) is 5. The van der Waals surface area contributed by atoms with Crippen molar-refractivity contribution in [3.8, 4) is 0 Å². The molecule has 0 amide bonds. The third kappa shape index (κ3) is 5.94. The molecule has 0 aliphatic rings. The predicted molar refractivity (Wildman–Crippen MR) is 124 cm³/mol. The molecule has 162 valence electrons. The second kappa shape index (κ2) is 10.1. The highest BCUT2D eigenvalue weighted by Gasteiger charge is 2.22. The lowest BCUT2D eigenvalue weighted by atomic mass is 9.97. The van der Waals surface area contributed by atoms with Gasteiger partial charge in [0.25, 0.3) is 10.0 Å². The Morgan fingerprint density at radius 3 is 2.35 bits per heavy atom. The molecule has 1 atom stereocenters. The number of rotatable bonds is 8. The van der Waals surface area contributed by atoms with E-state index in [1.165, 1.54) is 7.11 Å². The lowest BCUT2D eigenvalue weighted by molar-refractivity contribution is -0.139. The number of ether oxygens (including phenoxy) is 1. The molecular weight excluding hydrogens is 480 g/mol. The summed E-state index contributed by atoms with van der Waals surface area (Å²) < 4.78 is 34.2. The Morgan fingerprint density at radius 1 is 1.03 bits per heavy atom. The molecule has 3 rings (SSSR count). The zero-order chi connectivity index (χ0) is 22.4. The fourth-order valence-electron chi connectivity index (χ4n) is 3.10. The Balaban J connectivity index is 2.03. The Hall–Kier alpha value is -2.68. The molecule has 0 aromatic heterocycles. The minimum Gasteiger partial charge on any atom is -0.468 e. The van der Waals surface area contributed by atoms with E-state index >= 15 is 0 Å². The Labute approximate surface area is 190 Å². The fourth-order valence-corrected chi connectivity index (χ4v) is 4.56. The lowest BCUT2D eigenvalue weighted by Crippen LogP contribution is -2.30. The molecule has 0 saturated heterocycles. The topological polar surface area (TPSA) is 84.5 Å². The van der Waals surface area contributed by atoms with Gasteiger partial charge in [0.1, 0.15) is 0 Å². The van der Waals surface area contributed by atoms with Gasteiger partial charge in [0.15, 0.2) is 0 Å². The van der Waals surface area contributed by atoms with Gasteiger partial charge < -0.3 is 4.74 Å². The van der Waals surface area contributed by atoms with Gasteiger partial charge in [0, 0.05) is 4.47 Å². The molecule has 0 bridgehead atoms. The van der Waals surface area contributed by atoms with E-state index in [4.69, 9.17) is 4.74 Å². The number of halogens is 1. The maximum atomic E-state index is 13.0. The molecule has 3 aromatic carbocycles. The van der Waals surface area contributed by atoms with Gasteiger partial charge in [0.2, 0.25) is 0 Å². The SMILES string of the molecule is COC(=O)CN[C@@H](c1ccccc1)c1cc(Br)ccc1NS(=O)(=O)c1ccc(C)cc1. The highest BCUT2D eigenvalue weighted by Crippen LogP contribution is 2.32. The molecule has 0 saturated carbocycles. The smallest absolute Gasteiger partial charge is 0.319 e. The average molecular weight is 503 g/mol. The monoisotopic (exact) mass is 502 g/mol. The number of esters is 1. The molecule has 31 heavy (non-hydrogen) atoms. The van der Waals surface area contributed by atoms with E-state index in [-0.39, 0.29) is 11.4 Å². The van der Waals surface area contributed by atoms with Gasteiger partial charge in [-0.15, -0.1) is 0 Å². The van der Waals surface area contributed by atoms with E-state index in [0.29, 0.717) is 11.3 Å². The molecule has 0 heterocycles. The number of sulfonamides is 1. The van der Waals surface area contributed by atoms with E-state index in [9.17, 15) is 13.2 Å². The molecule has 0 unspecified atom stereocenters. The van der Waals surface area contributed by atoms with Gasteiger partial charge in [-0.05, 0) is 48.4 Å². The molecule has 8 heteroatoms. The van der Waals surface area contributed by atoms with Crippen LogP contribution in [0.15, 0.2) is 82.2 Å². The quantitative estimate of drug-likeness (QED) is 0.445. The Kier molecular flexibility index (Phi) is 7.48. The van der Waals surface area contributed by atoms with Crippen LogP contribution in [0.4, 0.5) is 5.69 Å². The Bertz CT molecular complexity index is 1150. The van der Waals surface area contributed by atoms with Crippen molar-refractivity contribution >= 4 is 37.6 Å². The number of carbonyl (C=O) groups is 1. The van der Waals surface area contributed by atoms with Gasteiger partial charge in [-0.2, -0.15) is 0 Å². The maximum absolute atomic E-state index is 13.0. The van der Waals surface area contributed by atoms with Gasteiger partial charge in [-0.25, -0.2) is 8.42 Å². The molecule has 0 fully saturated rings. The van der Waals surface area contributed by atoms with Gasteiger partial charge >= 0.3 is 5.97 Å². The van der Waals surface area contributed by atoms with Gasteiger partial charge in [0.05, 0.1) is 30.3 Å². The third-order valence-corrected chi connectivity index (χ3v) is 6.59. The number of methoxy groups -OCH3 is 1. The van der Waals surface area contributed by atoms with Crippen LogP contribution in [0.3, 0.4) is 0 Å². The van der Waals surface area contributed by atoms with Crippen LogP contribution in [-0.2, 0) is 19.6 Å². The molecular formula is C23H23BrN2O4S. The van der Waals surface area contributed by atoms with Crippen LogP contribution in [0.25, 0.3) is 0 Å². The summed E-state index contributed by atoms with van der Waals surface area (Å²) in [5, 5.41) is 3.17. The zero-order valence-electron chi connectivity index (χ0n) is 17.1. The molecule has 0 aliphatic heterocycles. The third-order valence-electron chi connectivity index (χ3n) is 4.71. The van der Waals surface area contributed by atoms with E-state index in [0.717, 1.165) is 15.6 Å². The molecule has 2 N–H and O–H groups in total. The predicted octanol–water partition coefficient (Wildman–Crippen LogP) is 4.41. The van der Waals surface area contributed by atoms with E-state index in [1.807, 2.05) is 43.3 Å². The van der Waals surface area contributed by atoms with E-state index in [1.54, 1.807) is 36.4 Å². The summed E-state index contributed by atoms with van der Waals surface area (Å²) in [5.41, 5.74) is 2.93. The summed E-state index contributed by atoms with van der Waals surface area (Å²) >= 11 is 3.47. The first kappa shape index (κ1) is 23.0. The number of carbonyl (C=O) groups excluding carboxylic acids is 1. The highest BCUT2D eigenvalue weighted by atomic mass is 79.9. The number of hydrogen-bond donors (Lipinski definition) is 2. The van der Waals surface area contributed by atoms with Crippen LogP contribution < -0.4 is 10.0 Å². The second-order valence-electron chi connectivity index (χ2n) is 6.95. The lowest BCUT2D eigenvalue weighted by Gasteiger charge is -2.23. The number of anilines is 1. The number of nitrogens with one attached hydrogen (secondary N) is 2. The van der Waals surface area contributed by atoms with Crippen LogP contribution >= 0.6 is 15.9 Å². The first-order valence-electron chi connectivity index (χ1n) is 9.54. The van der Waals surface area contributed by atoms with Crippen LogP contribution in [0.1, 0.15) is 22.7 Å². The minimum absolute atomic E-state index is 0.0350. The first-order valence-corrected chi connectivity index (χ1v) is 11.8. The largest absolute Gasteiger partial charge is 0.468 e. The first-order chi connectivity index (χ1) is 14.8. The van der Waals surface area contributed by atoms with Crippen molar-refractivity contribution in [1.82, 2.24) is 5.32 Å². The van der Waals surface area contributed by atoms with Crippen molar-refractivity contribution < 1.29 is 17.9 Å². The van der Waals surface area contributed by atoms with Crippen molar-refractivity contribution in [3.05, 3.63) is 94.0 Å². The highest BCUT2D eigenvalue weighted by molar-refractivity contribution is 9.10. The summed E-state index contributed by atoms with van der Waals surface area (Å²) in [5.74, 6) is -0.419. The zero-order valence-corrected chi connectivity index (χ0v) is 19.5. The van der Waals surface area contributed by atoms with Crippen molar-refractivity contribution in [3.63, 3.8) is 0 Å². The Morgan fingerprint density at radius 2 is 1.71 bits per heavy atom. The maximum Gasteiger partial charge on any atom is 0.319 e. The van der Waals surface area contributed by atoms with Crippen LogP contribution in [-0.4, -0.2) is 28.0 Å². The van der Waals surface area contributed by atoms with Crippen molar-refractivity contribution in [2.45, 2.75) is 17.9 Å². The van der Waals surface area contributed by atoms with Crippen LogP contribution in [0.5, 0.6) is 0 Å². The van der Waals surface area contributed by atoms with Crippen molar-refractivity contribution in [1.29, 1.82) is 0 Å². The number of benzene rings is 3. The molecule has 6 nitrogen and oxygen atoms in total. The summed E-state index contributed by atoms with van der Waals surface area (Å²) in [7, 11) is -2.48. The van der Waals surface area contributed by atoms with E-state index < -0.39 is 22.0 Å². The molecule has 3 aromatic rings. The standard InChI is InChI=1S/C23H23BrN2O4S/c1-16-8-11-19(12-9-16)31(28,29)26-21-13-10-18(24)14-20(21)23(25-15-22(27)30-2)17-6-4-3-5-7-17/h3-14,23,25-26H,15H2,1-2H3/t23-/m0/s1. The van der Waals surface area contributed by atoms with Crippen LogP contribution in [0, 0.1) is 6.92 Å². The fraction of sp³-hybridized carbons (Fsp3) is 0.174. The molecule has 0 aliphatic carbocycles. The van der Waals surface area contributed by atoms with E-state index in [2.05, 4.69) is 26.0 Å². The van der Waals surface area contributed by atoms with Gasteiger partial charge in [-0.1, -0.05) is 64.0 Å². The van der Waals surface area contributed by atoms with Gasteiger partial charge in [-0.3, -0.25) is 14.8 Å². The minimum atomic E-state index is -3.80. The summed E-state index contributed by atoms with van der Waals surface area (Å²) in [4.78, 5) is 11.9. The second-order valence-corrected chi connectivity index (χ2v) is 9.55. The molecule has 0 spiro atoms. The summed E-state index contributed by atoms with van der Waals surface area (Å²) in [6, 6.07) is 21.0. The van der Waals surface area contributed by atoms with Crippen molar-refractivity contribution in [2.24, 2.45) is 0 Å². The summed E-state index contributed by atoms with van der Waals surface area (Å²) in [6.07, 6.45) is 0. The van der Waals surface area contributed by atoms with Crippen molar-refractivity contribution in [2.75, 3.05) is 18.4 Å². The average Bonchev–Trinajstić information content (AvgIpc) is 2.76. The number of aryl methyl sites for hydroxylation is 1. The normalized spacial score (nSPS) is 12.2. The van der Waals surface area contributed by atoms with Crippen LogP contribution in [0.2, 0.25) is 0 Å². The summed E-state index contributed by atoms with van der Waals surface area (Å²) in [6.45, 7) is 1.86. The molecule has 0 radical (unpaired) electrons.